The van der Waals surface area contributed by atoms with E-state index in [0.29, 0.717) is 5.88 Å². The fourth-order valence-electron chi connectivity index (χ4n) is 0.673. The number of allylic oxidation sites excluding steroid dienone is 1. The average Bonchev–Trinajstić information content (AvgIpc) is 2.03. The predicted octanol–water partition coefficient (Wildman–Crippen LogP) is 1.41. The SMILES string of the molecule is COCCCNC/C=C/CCl. The molecule has 0 rings (SSSR count). The van der Waals surface area contributed by atoms with Gasteiger partial charge in [0.25, 0.3) is 0 Å². The van der Waals surface area contributed by atoms with Crippen molar-refractivity contribution in [2.75, 3.05) is 32.7 Å². The maximum absolute atomic E-state index is 5.43. The first-order chi connectivity index (χ1) is 5.41. The number of nitrogens with one attached hydrogen (secondary N) is 1. The summed E-state index contributed by atoms with van der Waals surface area (Å²) in [7, 11) is 1.72. The molecule has 0 bridgehead atoms. The molecule has 2 nitrogen and oxygen atoms in total. The van der Waals surface area contributed by atoms with Crippen LogP contribution in [-0.2, 0) is 4.74 Å². The molecule has 0 aromatic heterocycles. The number of ether oxygens (including phenoxy) is 1. The summed E-state index contributed by atoms with van der Waals surface area (Å²) >= 11 is 5.43. The summed E-state index contributed by atoms with van der Waals surface area (Å²) in [6.07, 6.45) is 5.02. The molecule has 0 aliphatic heterocycles. The molecule has 0 aliphatic rings. The predicted molar refractivity (Wildman–Crippen MR) is 49.2 cm³/mol. The molecule has 0 atom stereocenters. The van der Waals surface area contributed by atoms with Crippen LogP contribution in [0, 0.1) is 0 Å². The molecule has 0 spiro atoms. The molecular weight excluding hydrogens is 162 g/mol. The third kappa shape index (κ3) is 9.95. The van der Waals surface area contributed by atoms with E-state index in [2.05, 4.69) is 5.32 Å². The highest BCUT2D eigenvalue weighted by Gasteiger charge is 1.83. The second-order valence-corrected chi connectivity index (χ2v) is 2.48. The van der Waals surface area contributed by atoms with Gasteiger partial charge in [-0.15, -0.1) is 11.6 Å². The Bertz CT molecular complexity index is 96.1. The number of alkyl halides is 1. The lowest BCUT2D eigenvalue weighted by atomic mass is 10.4. The minimum absolute atomic E-state index is 0.597. The molecule has 0 fully saturated rings. The van der Waals surface area contributed by atoms with Crippen LogP contribution in [0.5, 0.6) is 0 Å². The maximum Gasteiger partial charge on any atom is 0.0474 e. The molecule has 0 radical (unpaired) electrons. The molecule has 11 heavy (non-hydrogen) atoms. The molecule has 0 saturated carbocycles. The normalized spacial score (nSPS) is 11.1. The van der Waals surface area contributed by atoms with Crippen LogP contribution in [0.1, 0.15) is 6.42 Å². The molecule has 3 heteroatoms. The second kappa shape index (κ2) is 9.95. The highest BCUT2D eigenvalue weighted by Crippen LogP contribution is 1.78. The molecule has 0 amide bonds. The zero-order valence-corrected chi connectivity index (χ0v) is 7.73. The van der Waals surface area contributed by atoms with Crippen molar-refractivity contribution < 1.29 is 4.74 Å². The summed E-state index contributed by atoms with van der Waals surface area (Å²) in [5.74, 6) is 0.597. The average molecular weight is 178 g/mol. The Morgan fingerprint density at radius 2 is 2.27 bits per heavy atom. The first-order valence-electron chi connectivity index (χ1n) is 3.82. The van der Waals surface area contributed by atoms with Crippen molar-refractivity contribution in [3.8, 4) is 0 Å². The van der Waals surface area contributed by atoms with Gasteiger partial charge in [0.1, 0.15) is 0 Å². The van der Waals surface area contributed by atoms with Crippen LogP contribution in [0.4, 0.5) is 0 Å². The summed E-state index contributed by atoms with van der Waals surface area (Å²) < 4.78 is 4.89. The van der Waals surface area contributed by atoms with Crippen molar-refractivity contribution >= 4 is 11.6 Å². The van der Waals surface area contributed by atoms with Crippen molar-refractivity contribution in [3.05, 3.63) is 12.2 Å². The van der Waals surface area contributed by atoms with E-state index in [0.717, 1.165) is 26.1 Å². The Hall–Kier alpha value is -0.0500. The van der Waals surface area contributed by atoms with Crippen molar-refractivity contribution in [2.24, 2.45) is 0 Å². The van der Waals surface area contributed by atoms with E-state index in [9.17, 15) is 0 Å². The smallest absolute Gasteiger partial charge is 0.0474 e. The number of rotatable bonds is 7. The van der Waals surface area contributed by atoms with Crippen molar-refractivity contribution in [1.29, 1.82) is 0 Å². The molecule has 0 heterocycles. The summed E-state index contributed by atoms with van der Waals surface area (Å²) in [5.41, 5.74) is 0. The van der Waals surface area contributed by atoms with Gasteiger partial charge in [-0.3, -0.25) is 0 Å². The fraction of sp³-hybridized carbons (Fsp3) is 0.750. The standard InChI is InChI=1S/C8H16ClNO/c1-11-8-4-7-10-6-3-2-5-9/h2-3,10H,4-8H2,1H3/b3-2+. The number of hydrogen-bond donors (Lipinski definition) is 1. The molecule has 0 unspecified atom stereocenters. The maximum atomic E-state index is 5.43. The monoisotopic (exact) mass is 177 g/mol. The van der Waals surface area contributed by atoms with E-state index in [1.165, 1.54) is 0 Å². The van der Waals surface area contributed by atoms with Crippen LogP contribution >= 0.6 is 11.6 Å². The van der Waals surface area contributed by atoms with Gasteiger partial charge in [-0.1, -0.05) is 12.2 Å². The highest BCUT2D eigenvalue weighted by atomic mass is 35.5. The van der Waals surface area contributed by atoms with E-state index in [1.807, 2.05) is 12.2 Å². The first-order valence-corrected chi connectivity index (χ1v) is 4.36. The van der Waals surface area contributed by atoms with Gasteiger partial charge in [-0.2, -0.15) is 0 Å². The summed E-state index contributed by atoms with van der Waals surface area (Å²) in [5, 5.41) is 3.23. The van der Waals surface area contributed by atoms with E-state index in [4.69, 9.17) is 16.3 Å². The van der Waals surface area contributed by atoms with E-state index in [-0.39, 0.29) is 0 Å². The van der Waals surface area contributed by atoms with E-state index < -0.39 is 0 Å². The van der Waals surface area contributed by atoms with Gasteiger partial charge < -0.3 is 10.1 Å². The molecule has 0 aromatic rings. The van der Waals surface area contributed by atoms with Gasteiger partial charge in [-0.05, 0) is 13.0 Å². The number of halogens is 1. The Morgan fingerprint density at radius 1 is 1.45 bits per heavy atom. The molecule has 0 saturated heterocycles. The van der Waals surface area contributed by atoms with Crippen LogP contribution in [-0.4, -0.2) is 32.7 Å². The van der Waals surface area contributed by atoms with Crippen LogP contribution in [0.2, 0.25) is 0 Å². The van der Waals surface area contributed by atoms with Gasteiger partial charge in [0.15, 0.2) is 0 Å². The van der Waals surface area contributed by atoms with Gasteiger partial charge in [0.2, 0.25) is 0 Å². The van der Waals surface area contributed by atoms with Gasteiger partial charge in [0.05, 0.1) is 0 Å². The highest BCUT2D eigenvalue weighted by molar-refractivity contribution is 6.18. The third-order valence-corrected chi connectivity index (χ3v) is 1.40. The lowest BCUT2D eigenvalue weighted by molar-refractivity contribution is 0.194. The molecule has 0 aliphatic carbocycles. The summed E-state index contributed by atoms with van der Waals surface area (Å²) in [4.78, 5) is 0. The van der Waals surface area contributed by atoms with E-state index in [1.54, 1.807) is 7.11 Å². The number of hydrogen-bond acceptors (Lipinski definition) is 2. The van der Waals surface area contributed by atoms with Crippen LogP contribution in [0.15, 0.2) is 12.2 Å². The molecule has 0 aromatic carbocycles. The minimum Gasteiger partial charge on any atom is -0.385 e. The summed E-state index contributed by atoms with van der Waals surface area (Å²) in [6.45, 7) is 2.73. The van der Waals surface area contributed by atoms with Gasteiger partial charge in [0, 0.05) is 26.1 Å². The van der Waals surface area contributed by atoms with Crippen LogP contribution in [0.25, 0.3) is 0 Å². The lowest BCUT2D eigenvalue weighted by Gasteiger charge is -1.99. The zero-order valence-electron chi connectivity index (χ0n) is 6.98. The molecule has 66 valence electrons. The van der Waals surface area contributed by atoms with Crippen LogP contribution < -0.4 is 5.32 Å². The van der Waals surface area contributed by atoms with Gasteiger partial charge >= 0.3 is 0 Å². The Labute approximate surface area is 73.6 Å². The third-order valence-electron chi connectivity index (χ3n) is 1.22. The largest absolute Gasteiger partial charge is 0.385 e. The summed E-state index contributed by atoms with van der Waals surface area (Å²) in [6, 6.07) is 0. The fourth-order valence-corrected chi connectivity index (χ4v) is 0.799. The molecule has 1 N–H and O–H groups in total. The Morgan fingerprint density at radius 3 is 2.91 bits per heavy atom. The zero-order chi connectivity index (χ0) is 8.36. The van der Waals surface area contributed by atoms with Gasteiger partial charge in [-0.25, -0.2) is 0 Å². The first kappa shape index (κ1) is 11.0. The molecular formula is C8H16ClNO. The minimum atomic E-state index is 0.597. The van der Waals surface area contributed by atoms with Crippen molar-refractivity contribution in [1.82, 2.24) is 5.32 Å². The van der Waals surface area contributed by atoms with Crippen molar-refractivity contribution in [3.63, 3.8) is 0 Å². The van der Waals surface area contributed by atoms with E-state index >= 15 is 0 Å². The second-order valence-electron chi connectivity index (χ2n) is 2.18. The lowest BCUT2D eigenvalue weighted by Crippen LogP contribution is -2.16. The quantitative estimate of drug-likeness (QED) is 0.361. The van der Waals surface area contributed by atoms with Crippen LogP contribution in [0.3, 0.4) is 0 Å². The van der Waals surface area contributed by atoms with Crippen molar-refractivity contribution in [2.45, 2.75) is 6.42 Å². The topological polar surface area (TPSA) is 21.3 Å². The number of methoxy groups -OCH3 is 1. The Kier molecular flexibility index (Phi) is 9.90. The Balaban J connectivity index is 2.85.